The molecule has 2 aromatic rings. The summed E-state index contributed by atoms with van der Waals surface area (Å²) < 4.78 is 50.5. The van der Waals surface area contributed by atoms with Crippen molar-refractivity contribution < 1.29 is 32.5 Å². The standard InChI is InChI=1S/C23H24F3NO4/c24-23(25,26)18-3-1-2-16(12-18)14-30-19-4-5-20-17(13-19)15-31-22(20)7-10-27(11-8-22)9-6-21(28)29/h1-5,12-13H,6-11,14-15H2,(H,28,29). The van der Waals surface area contributed by atoms with E-state index in [1.807, 2.05) is 18.2 Å². The lowest BCUT2D eigenvalue weighted by molar-refractivity contribution is -0.138. The number of rotatable bonds is 6. The molecule has 1 N–H and O–H groups in total. The molecule has 166 valence electrons. The lowest BCUT2D eigenvalue weighted by Gasteiger charge is -2.39. The average molecular weight is 435 g/mol. The van der Waals surface area contributed by atoms with Crippen LogP contribution in [0.4, 0.5) is 13.2 Å². The molecule has 1 fully saturated rings. The summed E-state index contributed by atoms with van der Waals surface area (Å²) in [6.07, 6.45) is -2.65. The predicted molar refractivity (Wildman–Crippen MR) is 107 cm³/mol. The number of ether oxygens (including phenoxy) is 2. The zero-order valence-corrected chi connectivity index (χ0v) is 17.0. The van der Waals surface area contributed by atoms with E-state index >= 15 is 0 Å². The Kier molecular flexibility index (Phi) is 5.94. The number of halogens is 3. The zero-order chi connectivity index (χ0) is 22.1. The van der Waals surface area contributed by atoms with Gasteiger partial charge in [-0.25, -0.2) is 0 Å². The van der Waals surface area contributed by atoms with E-state index in [2.05, 4.69) is 4.90 Å². The Labute approximate surface area is 178 Å². The van der Waals surface area contributed by atoms with E-state index in [-0.39, 0.29) is 18.6 Å². The quantitative estimate of drug-likeness (QED) is 0.720. The first-order valence-electron chi connectivity index (χ1n) is 10.3. The molecule has 0 amide bonds. The van der Waals surface area contributed by atoms with Crippen molar-refractivity contribution in [2.24, 2.45) is 0 Å². The van der Waals surface area contributed by atoms with Crippen LogP contribution in [0.15, 0.2) is 42.5 Å². The molecule has 1 saturated heterocycles. The van der Waals surface area contributed by atoms with Crippen LogP contribution in [0.2, 0.25) is 0 Å². The summed E-state index contributed by atoms with van der Waals surface area (Å²) in [4.78, 5) is 12.9. The SMILES string of the molecule is O=C(O)CCN1CCC2(CC1)OCc1cc(OCc3cccc(C(F)(F)F)c3)ccc12. The summed E-state index contributed by atoms with van der Waals surface area (Å²) in [6, 6.07) is 10.8. The molecule has 0 saturated carbocycles. The number of carboxylic acids is 1. The first-order valence-corrected chi connectivity index (χ1v) is 10.3. The van der Waals surface area contributed by atoms with Crippen LogP contribution in [-0.4, -0.2) is 35.6 Å². The van der Waals surface area contributed by atoms with Crippen molar-refractivity contribution in [2.75, 3.05) is 19.6 Å². The molecule has 2 aliphatic rings. The molecule has 2 aliphatic heterocycles. The van der Waals surface area contributed by atoms with Gasteiger partial charge in [0.2, 0.25) is 0 Å². The minimum atomic E-state index is -4.38. The second-order valence-corrected chi connectivity index (χ2v) is 8.07. The molecule has 0 bridgehead atoms. The number of benzene rings is 2. The molecule has 5 nitrogen and oxygen atoms in total. The third kappa shape index (κ3) is 4.85. The Morgan fingerprint density at radius 2 is 1.94 bits per heavy atom. The van der Waals surface area contributed by atoms with E-state index in [1.54, 1.807) is 6.07 Å². The first-order chi connectivity index (χ1) is 14.7. The zero-order valence-electron chi connectivity index (χ0n) is 17.0. The van der Waals surface area contributed by atoms with E-state index in [0.717, 1.165) is 49.2 Å². The normalized spacial score (nSPS) is 18.2. The van der Waals surface area contributed by atoms with Crippen molar-refractivity contribution in [2.45, 2.75) is 44.3 Å². The predicted octanol–water partition coefficient (Wildman–Crippen LogP) is 4.58. The summed E-state index contributed by atoms with van der Waals surface area (Å²) >= 11 is 0. The number of fused-ring (bicyclic) bond motifs is 2. The van der Waals surface area contributed by atoms with Gasteiger partial charge in [0.25, 0.3) is 0 Å². The van der Waals surface area contributed by atoms with Crippen LogP contribution in [0.1, 0.15) is 41.5 Å². The number of piperidine rings is 1. The Balaban J connectivity index is 1.39. The van der Waals surface area contributed by atoms with Crippen molar-refractivity contribution in [3.63, 3.8) is 0 Å². The number of nitrogens with zero attached hydrogens (tertiary/aromatic N) is 1. The molecule has 0 aromatic heterocycles. The molecule has 2 heterocycles. The molecule has 0 atom stereocenters. The van der Waals surface area contributed by atoms with Gasteiger partial charge in [-0.2, -0.15) is 13.2 Å². The number of hydrogen-bond donors (Lipinski definition) is 1. The molecule has 0 unspecified atom stereocenters. The summed E-state index contributed by atoms with van der Waals surface area (Å²) in [7, 11) is 0. The van der Waals surface area contributed by atoms with E-state index in [0.29, 0.717) is 24.5 Å². The number of likely N-dealkylation sites (tertiary alicyclic amines) is 1. The minimum absolute atomic E-state index is 0.0489. The lowest BCUT2D eigenvalue weighted by Crippen LogP contribution is -2.43. The summed E-state index contributed by atoms with van der Waals surface area (Å²) in [5, 5.41) is 8.86. The Morgan fingerprint density at radius 1 is 1.16 bits per heavy atom. The second kappa shape index (κ2) is 8.51. The fourth-order valence-corrected chi connectivity index (χ4v) is 4.33. The molecule has 1 spiro atoms. The summed E-state index contributed by atoms with van der Waals surface area (Å²) in [5.74, 6) is -0.198. The number of aliphatic carboxylic acids is 1. The topological polar surface area (TPSA) is 59.0 Å². The third-order valence-electron chi connectivity index (χ3n) is 6.04. The van der Waals surface area contributed by atoms with Gasteiger partial charge < -0.3 is 19.5 Å². The minimum Gasteiger partial charge on any atom is -0.489 e. The van der Waals surface area contributed by atoms with Gasteiger partial charge in [0.15, 0.2) is 0 Å². The maximum atomic E-state index is 12.9. The molecule has 2 aromatic carbocycles. The smallest absolute Gasteiger partial charge is 0.416 e. The lowest BCUT2D eigenvalue weighted by atomic mass is 9.83. The summed E-state index contributed by atoms with van der Waals surface area (Å²) in [5.41, 5.74) is 1.57. The van der Waals surface area contributed by atoms with Gasteiger partial charge in [-0.1, -0.05) is 18.2 Å². The Hall–Kier alpha value is -2.58. The average Bonchev–Trinajstić information content (AvgIpc) is 3.09. The van der Waals surface area contributed by atoms with Crippen LogP contribution in [-0.2, 0) is 34.5 Å². The molecule has 0 aliphatic carbocycles. The van der Waals surface area contributed by atoms with Crippen molar-refractivity contribution >= 4 is 5.97 Å². The fraction of sp³-hybridized carbons (Fsp3) is 0.435. The van der Waals surface area contributed by atoms with Gasteiger partial charge in [0, 0.05) is 19.6 Å². The van der Waals surface area contributed by atoms with Crippen molar-refractivity contribution in [3.05, 3.63) is 64.7 Å². The molecule has 4 rings (SSSR count). The van der Waals surface area contributed by atoms with E-state index < -0.39 is 17.7 Å². The molecule has 0 radical (unpaired) electrons. The van der Waals surface area contributed by atoms with Crippen molar-refractivity contribution in [3.8, 4) is 5.75 Å². The maximum Gasteiger partial charge on any atom is 0.416 e. The second-order valence-electron chi connectivity index (χ2n) is 8.07. The van der Waals surface area contributed by atoms with Crippen LogP contribution in [0.3, 0.4) is 0 Å². The highest BCUT2D eigenvalue weighted by Gasteiger charge is 2.42. The van der Waals surface area contributed by atoms with Crippen LogP contribution in [0.5, 0.6) is 5.75 Å². The van der Waals surface area contributed by atoms with E-state index in [4.69, 9.17) is 14.6 Å². The highest BCUT2D eigenvalue weighted by atomic mass is 19.4. The van der Waals surface area contributed by atoms with E-state index in [9.17, 15) is 18.0 Å². The Morgan fingerprint density at radius 3 is 2.65 bits per heavy atom. The highest BCUT2D eigenvalue weighted by Crippen LogP contribution is 2.45. The maximum absolute atomic E-state index is 12.9. The van der Waals surface area contributed by atoms with Gasteiger partial charge in [0.1, 0.15) is 12.4 Å². The van der Waals surface area contributed by atoms with Crippen LogP contribution >= 0.6 is 0 Å². The first kappa shape index (κ1) is 21.6. The van der Waals surface area contributed by atoms with Gasteiger partial charge in [-0.05, 0) is 53.8 Å². The number of alkyl halides is 3. The molecule has 8 heteroatoms. The fourth-order valence-electron chi connectivity index (χ4n) is 4.33. The summed E-state index contributed by atoms with van der Waals surface area (Å²) in [6.45, 7) is 2.61. The van der Waals surface area contributed by atoms with Gasteiger partial charge in [-0.15, -0.1) is 0 Å². The number of carboxylic acid groups (broad SMARTS) is 1. The molecular weight excluding hydrogens is 411 g/mol. The largest absolute Gasteiger partial charge is 0.489 e. The highest BCUT2D eigenvalue weighted by molar-refractivity contribution is 5.66. The molecular formula is C23H24F3NO4. The molecule has 31 heavy (non-hydrogen) atoms. The van der Waals surface area contributed by atoms with Gasteiger partial charge >= 0.3 is 12.1 Å². The van der Waals surface area contributed by atoms with Crippen LogP contribution in [0, 0.1) is 0 Å². The van der Waals surface area contributed by atoms with Crippen LogP contribution in [0.25, 0.3) is 0 Å². The third-order valence-corrected chi connectivity index (χ3v) is 6.04. The Bertz CT molecular complexity index is 952. The monoisotopic (exact) mass is 435 g/mol. The van der Waals surface area contributed by atoms with Crippen molar-refractivity contribution in [1.29, 1.82) is 0 Å². The van der Waals surface area contributed by atoms with Gasteiger partial charge in [0.05, 0.1) is 24.2 Å². The van der Waals surface area contributed by atoms with E-state index in [1.165, 1.54) is 6.07 Å². The van der Waals surface area contributed by atoms with Crippen molar-refractivity contribution in [1.82, 2.24) is 4.90 Å². The number of hydrogen-bond acceptors (Lipinski definition) is 4. The van der Waals surface area contributed by atoms with Crippen LogP contribution < -0.4 is 4.74 Å². The number of carbonyl (C=O) groups is 1. The van der Waals surface area contributed by atoms with Gasteiger partial charge in [-0.3, -0.25) is 4.79 Å².